The molecule has 1 aromatic carbocycles. The lowest BCUT2D eigenvalue weighted by Crippen LogP contribution is -2.29. The molecule has 2 atom stereocenters. The molecule has 1 saturated heterocycles. The molecule has 0 radical (unpaired) electrons. The summed E-state index contributed by atoms with van der Waals surface area (Å²) in [5.74, 6) is 0. The first-order valence-electron chi connectivity index (χ1n) is 9.17. The minimum atomic E-state index is -0.000266. The van der Waals surface area contributed by atoms with Crippen molar-refractivity contribution in [2.75, 3.05) is 4.90 Å². The van der Waals surface area contributed by atoms with E-state index in [9.17, 15) is 0 Å². The Morgan fingerprint density at radius 2 is 1.85 bits per heavy atom. The molecule has 0 spiro atoms. The normalized spacial score (nSPS) is 19.4. The number of nitrogens with zero attached hydrogens (tertiary/aromatic N) is 3. The van der Waals surface area contributed by atoms with E-state index in [1.165, 1.54) is 22.5 Å². The Kier molecular flexibility index (Phi) is 4.48. The van der Waals surface area contributed by atoms with E-state index in [1.54, 1.807) is 0 Å². The number of thiocarbonyl (C=S) groups is 1. The van der Waals surface area contributed by atoms with Gasteiger partial charge in [-0.2, -0.15) is 0 Å². The molecular weight excluding hydrogens is 352 g/mol. The van der Waals surface area contributed by atoms with Crippen molar-refractivity contribution in [2.45, 2.75) is 32.9 Å². The number of nitrogens with one attached hydrogen (secondary N) is 1. The van der Waals surface area contributed by atoms with Crippen molar-refractivity contribution in [3.8, 4) is 0 Å². The molecule has 1 N–H and O–H groups in total. The van der Waals surface area contributed by atoms with Crippen molar-refractivity contribution in [3.05, 3.63) is 82.9 Å². The van der Waals surface area contributed by atoms with E-state index in [2.05, 4.69) is 84.0 Å². The average Bonchev–Trinajstić information content (AvgIpc) is 3.14. The predicted molar refractivity (Wildman–Crippen MR) is 114 cm³/mol. The maximum absolute atomic E-state index is 5.78. The Morgan fingerprint density at radius 3 is 2.48 bits per heavy atom. The fraction of sp³-hybridized carbons (Fsp3) is 0.273. The third-order valence-electron chi connectivity index (χ3n) is 5.51. The van der Waals surface area contributed by atoms with E-state index < -0.39 is 0 Å². The van der Waals surface area contributed by atoms with Crippen LogP contribution in [0.15, 0.2) is 54.7 Å². The molecule has 0 bridgehead atoms. The molecule has 0 saturated carbocycles. The van der Waals surface area contributed by atoms with E-state index in [0.29, 0.717) is 0 Å². The monoisotopic (exact) mass is 376 g/mol. The van der Waals surface area contributed by atoms with Gasteiger partial charge < -0.3 is 14.8 Å². The molecule has 3 heterocycles. The van der Waals surface area contributed by atoms with Crippen LogP contribution < -0.4 is 10.2 Å². The summed E-state index contributed by atoms with van der Waals surface area (Å²) in [6.45, 7) is 6.43. The highest BCUT2D eigenvalue weighted by atomic mass is 32.1. The summed E-state index contributed by atoms with van der Waals surface area (Å²) in [4.78, 5) is 6.86. The third-order valence-corrected chi connectivity index (χ3v) is 5.83. The molecule has 4 nitrogen and oxygen atoms in total. The summed E-state index contributed by atoms with van der Waals surface area (Å²) in [5.41, 5.74) is 7.10. The summed E-state index contributed by atoms with van der Waals surface area (Å²) < 4.78 is 2.24. The lowest BCUT2D eigenvalue weighted by molar-refractivity contribution is 0.564. The van der Waals surface area contributed by atoms with Gasteiger partial charge in [0, 0.05) is 30.3 Å². The van der Waals surface area contributed by atoms with Gasteiger partial charge in [-0.25, -0.2) is 0 Å². The Bertz CT molecular complexity index is 993. The first kappa shape index (κ1) is 17.7. The van der Waals surface area contributed by atoms with Gasteiger partial charge in [0.2, 0.25) is 0 Å². The summed E-state index contributed by atoms with van der Waals surface area (Å²) >= 11 is 5.78. The van der Waals surface area contributed by atoms with Crippen LogP contribution in [0.4, 0.5) is 5.69 Å². The fourth-order valence-corrected chi connectivity index (χ4v) is 4.26. The highest BCUT2D eigenvalue weighted by Crippen LogP contribution is 2.43. The van der Waals surface area contributed by atoms with Crippen LogP contribution in [-0.2, 0) is 7.05 Å². The van der Waals surface area contributed by atoms with E-state index in [4.69, 9.17) is 12.2 Å². The molecular formula is C22H24N4S. The summed E-state index contributed by atoms with van der Waals surface area (Å²) in [6, 6.07) is 16.9. The van der Waals surface area contributed by atoms with Crippen LogP contribution in [0.25, 0.3) is 0 Å². The van der Waals surface area contributed by atoms with Crippen LogP contribution in [0.3, 0.4) is 0 Å². The minimum absolute atomic E-state index is 0.000266. The minimum Gasteiger partial charge on any atom is -0.352 e. The van der Waals surface area contributed by atoms with Crippen LogP contribution in [-0.4, -0.2) is 14.7 Å². The SMILES string of the molecule is Cc1cccc(N2C(=S)N[C@H](c3ccccn3)[C@@H]2c2cc(C)n(C)c2C)c1. The number of rotatable bonds is 3. The van der Waals surface area contributed by atoms with Crippen LogP contribution >= 0.6 is 12.2 Å². The molecule has 1 aliphatic heterocycles. The molecule has 0 aliphatic carbocycles. The van der Waals surface area contributed by atoms with Crippen molar-refractivity contribution in [1.29, 1.82) is 0 Å². The van der Waals surface area contributed by atoms with Crippen LogP contribution in [0.1, 0.15) is 40.3 Å². The van der Waals surface area contributed by atoms with Crippen LogP contribution in [0.5, 0.6) is 0 Å². The second-order valence-corrected chi connectivity index (χ2v) is 7.61. The molecule has 2 aromatic heterocycles. The Morgan fingerprint density at radius 1 is 1.04 bits per heavy atom. The maximum atomic E-state index is 5.78. The van der Waals surface area contributed by atoms with Crippen molar-refractivity contribution < 1.29 is 0 Å². The molecule has 3 aromatic rings. The number of pyridine rings is 1. The van der Waals surface area contributed by atoms with E-state index in [-0.39, 0.29) is 12.1 Å². The van der Waals surface area contributed by atoms with Gasteiger partial charge in [-0.05, 0) is 74.4 Å². The standard InChI is InChI=1S/C22H24N4S/c1-14-8-7-9-17(12-14)26-21(18-13-15(2)25(4)16(18)3)20(24-22(26)27)19-10-5-6-11-23-19/h5-13,20-21H,1-4H3,(H,24,27)/t20-,21+/m1/s1. The number of hydrogen-bond donors (Lipinski definition) is 1. The highest BCUT2D eigenvalue weighted by molar-refractivity contribution is 7.80. The second kappa shape index (κ2) is 6.82. The number of hydrogen-bond acceptors (Lipinski definition) is 2. The van der Waals surface area contributed by atoms with E-state index >= 15 is 0 Å². The van der Waals surface area contributed by atoms with Crippen LogP contribution in [0, 0.1) is 20.8 Å². The van der Waals surface area contributed by atoms with Gasteiger partial charge in [0.1, 0.15) is 0 Å². The Labute approximate surface area is 165 Å². The summed E-state index contributed by atoms with van der Waals surface area (Å²) in [7, 11) is 2.11. The lowest BCUT2D eigenvalue weighted by Gasteiger charge is -2.28. The number of benzene rings is 1. The van der Waals surface area contributed by atoms with Gasteiger partial charge in [-0.3, -0.25) is 4.98 Å². The predicted octanol–water partition coefficient (Wildman–Crippen LogP) is 4.52. The number of aryl methyl sites for hydroxylation is 2. The van der Waals surface area contributed by atoms with Gasteiger partial charge in [-0.15, -0.1) is 0 Å². The largest absolute Gasteiger partial charge is 0.352 e. The van der Waals surface area contributed by atoms with Crippen molar-refractivity contribution in [3.63, 3.8) is 0 Å². The van der Waals surface area contributed by atoms with Gasteiger partial charge in [0.25, 0.3) is 0 Å². The first-order chi connectivity index (χ1) is 13.0. The zero-order valence-electron chi connectivity index (χ0n) is 16.1. The number of aromatic nitrogens is 2. The Hall–Kier alpha value is -2.66. The molecule has 27 heavy (non-hydrogen) atoms. The average molecular weight is 377 g/mol. The fourth-order valence-electron chi connectivity index (χ4n) is 3.91. The van der Waals surface area contributed by atoms with E-state index in [1.807, 2.05) is 18.3 Å². The molecule has 138 valence electrons. The summed E-state index contributed by atoms with van der Waals surface area (Å²) in [6.07, 6.45) is 1.84. The van der Waals surface area contributed by atoms with E-state index in [0.717, 1.165) is 16.5 Å². The zero-order chi connectivity index (χ0) is 19.1. The molecule has 0 unspecified atom stereocenters. The van der Waals surface area contributed by atoms with Crippen molar-refractivity contribution in [1.82, 2.24) is 14.9 Å². The smallest absolute Gasteiger partial charge is 0.174 e. The highest BCUT2D eigenvalue weighted by Gasteiger charge is 2.42. The van der Waals surface area contributed by atoms with Gasteiger partial charge in [0.15, 0.2) is 5.11 Å². The van der Waals surface area contributed by atoms with Gasteiger partial charge in [0.05, 0.1) is 17.8 Å². The molecule has 4 rings (SSSR count). The van der Waals surface area contributed by atoms with Gasteiger partial charge >= 0.3 is 0 Å². The van der Waals surface area contributed by atoms with Crippen LogP contribution in [0.2, 0.25) is 0 Å². The number of anilines is 1. The molecule has 0 amide bonds. The molecule has 1 aliphatic rings. The lowest BCUT2D eigenvalue weighted by atomic mass is 9.96. The van der Waals surface area contributed by atoms with Crippen molar-refractivity contribution in [2.24, 2.45) is 7.05 Å². The summed E-state index contributed by atoms with van der Waals surface area (Å²) in [5, 5.41) is 4.27. The quantitative estimate of drug-likeness (QED) is 0.681. The molecule has 5 heteroatoms. The molecule has 1 fully saturated rings. The Balaban J connectivity index is 1.89. The zero-order valence-corrected chi connectivity index (χ0v) is 16.9. The topological polar surface area (TPSA) is 33.1 Å². The first-order valence-corrected chi connectivity index (χ1v) is 9.58. The van der Waals surface area contributed by atoms with Gasteiger partial charge in [-0.1, -0.05) is 18.2 Å². The second-order valence-electron chi connectivity index (χ2n) is 7.22. The van der Waals surface area contributed by atoms with Crippen molar-refractivity contribution >= 4 is 23.0 Å². The maximum Gasteiger partial charge on any atom is 0.174 e. The third kappa shape index (κ3) is 3.02.